The van der Waals surface area contributed by atoms with Crippen LogP contribution in [-0.4, -0.2) is 32.3 Å². The molecule has 1 unspecified atom stereocenters. The smallest absolute Gasteiger partial charge is 0.255 e. The molecule has 1 atom stereocenters. The fourth-order valence-corrected chi connectivity index (χ4v) is 2.29. The van der Waals surface area contributed by atoms with Crippen LogP contribution < -0.4 is 5.14 Å². The number of carbonyl (C=O) groups is 1. The molecule has 2 N–H and O–H groups in total. The molecule has 0 spiro atoms. The molecule has 0 saturated carbocycles. The topological polar surface area (TPSA) is 80.5 Å². The van der Waals surface area contributed by atoms with Crippen LogP contribution in [0.4, 0.5) is 0 Å². The van der Waals surface area contributed by atoms with Gasteiger partial charge in [-0.1, -0.05) is 19.1 Å². The van der Waals surface area contributed by atoms with E-state index in [1.54, 1.807) is 19.2 Å². The van der Waals surface area contributed by atoms with E-state index in [0.29, 0.717) is 0 Å². The van der Waals surface area contributed by atoms with Gasteiger partial charge in [0.1, 0.15) is 0 Å². The zero-order valence-corrected chi connectivity index (χ0v) is 11.6. The average Bonchev–Trinajstić information content (AvgIpc) is 2.35. The first-order valence-electron chi connectivity index (χ1n) is 5.68. The summed E-state index contributed by atoms with van der Waals surface area (Å²) in [5.41, 5.74) is 0.114. The maximum Gasteiger partial charge on any atom is 0.255 e. The number of hydrogen-bond acceptors (Lipinski definition) is 3. The summed E-state index contributed by atoms with van der Waals surface area (Å²) in [7, 11) is -2.24. The molecule has 1 rings (SSSR count). The van der Waals surface area contributed by atoms with Gasteiger partial charge in [0.2, 0.25) is 10.0 Å². The molecule has 0 aliphatic rings. The molecule has 18 heavy (non-hydrogen) atoms. The first-order chi connectivity index (χ1) is 8.29. The molecular formula is C12H18N2O3S. The van der Waals surface area contributed by atoms with Gasteiger partial charge in [-0.25, -0.2) is 13.6 Å². The minimum absolute atomic E-state index is 0.0334. The van der Waals surface area contributed by atoms with Crippen LogP contribution in [0.5, 0.6) is 0 Å². The molecular weight excluding hydrogens is 252 g/mol. The summed E-state index contributed by atoms with van der Waals surface area (Å²) in [5, 5.41) is 5.11. The van der Waals surface area contributed by atoms with Gasteiger partial charge >= 0.3 is 0 Å². The quantitative estimate of drug-likeness (QED) is 0.892. The van der Waals surface area contributed by atoms with Gasteiger partial charge in [0, 0.05) is 13.1 Å². The van der Waals surface area contributed by atoms with E-state index in [1.165, 1.54) is 17.0 Å². The number of sulfonamides is 1. The SMILES string of the molecule is CCC(C)N(C)C(=O)c1ccccc1S(N)(=O)=O. The number of carbonyl (C=O) groups excluding carboxylic acids is 1. The third kappa shape index (κ3) is 3.08. The van der Waals surface area contributed by atoms with Gasteiger partial charge < -0.3 is 4.90 Å². The van der Waals surface area contributed by atoms with Gasteiger partial charge in [0.05, 0.1) is 10.5 Å². The molecule has 1 amide bonds. The van der Waals surface area contributed by atoms with E-state index in [4.69, 9.17) is 5.14 Å². The summed E-state index contributed by atoms with van der Waals surface area (Å²) in [6.07, 6.45) is 0.791. The molecule has 1 aromatic carbocycles. The largest absolute Gasteiger partial charge is 0.339 e. The van der Waals surface area contributed by atoms with Crippen LogP contribution in [0.1, 0.15) is 30.6 Å². The third-order valence-corrected chi connectivity index (χ3v) is 3.97. The van der Waals surface area contributed by atoms with Crippen molar-refractivity contribution < 1.29 is 13.2 Å². The first-order valence-corrected chi connectivity index (χ1v) is 7.22. The Labute approximate surface area is 108 Å². The Balaban J connectivity index is 3.23. The predicted octanol–water partition coefficient (Wildman–Crippen LogP) is 1.20. The van der Waals surface area contributed by atoms with Gasteiger partial charge in [-0.05, 0) is 25.5 Å². The lowest BCUT2D eigenvalue weighted by Crippen LogP contribution is -2.35. The molecule has 0 bridgehead atoms. The van der Waals surface area contributed by atoms with Gasteiger partial charge in [-0.3, -0.25) is 4.79 Å². The molecule has 0 saturated heterocycles. The number of primary sulfonamides is 1. The fourth-order valence-electron chi connectivity index (χ4n) is 1.56. The van der Waals surface area contributed by atoms with E-state index in [0.717, 1.165) is 6.42 Å². The number of hydrogen-bond donors (Lipinski definition) is 1. The lowest BCUT2D eigenvalue weighted by Gasteiger charge is -2.24. The van der Waals surface area contributed by atoms with E-state index in [1.807, 2.05) is 13.8 Å². The molecule has 6 heteroatoms. The molecule has 0 fully saturated rings. The van der Waals surface area contributed by atoms with Crippen molar-refractivity contribution in [3.8, 4) is 0 Å². The number of amides is 1. The van der Waals surface area contributed by atoms with E-state index in [-0.39, 0.29) is 22.4 Å². The van der Waals surface area contributed by atoms with Crippen LogP contribution in [-0.2, 0) is 10.0 Å². The molecule has 0 aliphatic carbocycles. The normalized spacial score (nSPS) is 13.1. The molecule has 100 valence electrons. The first kappa shape index (κ1) is 14.7. The average molecular weight is 270 g/mol. The highest BCUT2D eigenvalue weighted by Crippen LogP contribution is 2.17. The monoisotopic (exact) mass is 270 g/mol. The Morgan fingerprint density at radius 3 is 2.44 bits per heavy atom. The Kier molecular flexibility index (Phi) is 4.48. The highest BCUT2D eigenvalue weighted by Gasteiger charge is 2.23. The van der Waals surface area contributed by atoms with E-state index >= 15 is 0 Å². The van der Waals surface area contributed by atoms with Crippen molar-refractivity contribution in [3.63, 3.8) is 0 Å². The van der Waals surface area contributed by atoms with Crippen molar-refractivity contribution in [1.29, 1.82) is 0 Å². The number of nitrogens with zero attached hydrogens (tertiary/aromatic N) is 1. The Morgan fingerprint density at radius 2 is 1.94 bits per heavy atom. The maximum absolute atomic E-state index is 12.2. The van der Waals surface area contributed by atoms with Crippen molar-refractivity contribution in [3.05, 3.63) is 29.8 Å². The highest BCUT2D eigenvalue weighted by molar-refractivity contribution is 7.89. The zero-order valence-electron chi connectivity index (χ0n) is 10.8. The summed E-state index contributed by atoms with van der Waals surface area (Å²) in [6, 6.07) is 6.01. The van der Waals surface area contributed by atoms with E-state index in [9.17, 15) is 13.2 Å². The second-order valence-corrected chi connectivity index (χ2v) is 5.74. The van der Waals surface area contributed by atoms with E-state index in [2.05, 4.69) is 0 Å². The highest BCUT2D eigenvalue weighted by atomic mass is 32.2. The summed E-state index contributed by atoms with van der Waals surface area (Å²) < 4.78 is 22.9. The lowest BCUT2D eigenvalue weighted by atomic mass is 10.1. The summed E-state index contributed by atoms with van der Waals surface area (Å²) >= 11 is 0. The Hall–Kier alpha value is -1.40. The lowest BCUT2D eigenvalue weighted by molar-refractivity contribution is 0.0736. The van der Waals surface area contributed by atoms with Crippen LogP contribution in [0.3, 0.4) is 0 Å². The maximum atomic E-state index is 12.2. The Morgan fingerprint density at radius 1 is 1.39 bits per heavy atom. The predicted molar refractivity (Wildman–Crippen MR) is 69.7 cm³/mol. The summed E-state index contributed by atoms with van der Waals surface area (Å²) in [6.45, 7) is 3.86. The van der Waals surface area contributed by atoms with Crippen molar-refractivity contribution in [2.75, 3.05) is 7.05 Å². The van der Waals surface area contributed by atoms with Crippen molar-refractivity contribution >= 4 is 15.9 Å². The zero-order chi connectivity index (χ0) is 13.9. The number of rotatable bonds is 4. The molecule has 5 nitrogen and oxygen atoms in total. The molecule has 0 heterocycles. The van der Waals surface area contributed by atoms with E-state index < -0.39 is 10.0 Å². The third-order valence-electron chi connectivity index (χ3n) is 3.00. The van der Waals surface area contributed by atoms with Crippen molar-refractivity contribution in [2.45, 2.75) is 31.2 Å². The van der Waals surface area contributed by atoms with Gasteiger partial charge in [-0.2, -0.15) is 0 Å². The summed E-state index contributed by atoms with van der Waals surface area (Å²) in [4.78, 5) is 13.6. The van der Waals surface area contributed by atoms with Crippen LogP contribution >= 0.6 is 0 Å². The molecule has 0 radical (unpaired) electrons. The van der Waals surface area contributed by atoms with Crippen LogP contribution in [0, 0.1) is 0 Å². The number of nitrogens with two attached hydrogens (primary N) is 1. The minimum atomic E-state index is -3.89. The Bertz CT molecular complexity index is 540. The molecule has 0 aromatic heterocycles. The van der Waals surface area contributed by atoms with Crippen LogP contribution in [0.2, 0.25) is 0 Å². The summed E-state index contributed by atoms with van der Waals surface area (Å²) in [5.74, 6) is -0.339. The van der Waals surface area contributed by atoms with Crippen LogP contribution in [0.15, 0.2) is 29.2 Å². The van der Waals surface area contributed by atoms with Gasteiger partial charge in [0.15, 0.2) is 0 Å². The standard InChI is InChI=1S/C12H18N2O3S/c1-4-9(2)14(3)12(15)10-7-5-6-8-11(10)18(13,16)17/h5-9H,4H2,1-3H3,(H2,13,16,17). The van der Waals surface area contributed by atoms with Crippen molar-refractivity contribution in [2.24, 2.45) is 5.14 Å². The van der Waals surface area contributed by atoms with Gasteiger partial charge in [0.25, 0.3) is 5.91 Å². The molecule has 0 aliphatic heterocycles. The fraction of sp³-hybridized carbons (Fsp3) is 0.417. The molecule has 1 aromatic rings. The number of benzene rings is 1. The van der Waals surface area contributed by atoms with Crippen LogP contribution in [0.25, 0.3) is 0 Å². The second kappa shape index (κ2) is 5.49. The second-order valence-electron chi connectivity index (χ2n) is 4.21. The van der Waals surface area contributed by atoms with Gasteiger partial charge in [-0.15, -0.1) is 0 Å². The van der Waals surface area contributed by atoms with Crippen molar-refractivity contribution in [1.82, 2.24) is 4.90 Å². The minimum Gasteiger partial charge on any atom is -0.339 e.